The lowest BCUT2D eigenvalue weighted by Crippen LogP contribution is -2.14. The highest BCUT2D eigenvalue weighted by Crippen LogP contribution is 2.53. The summed E-state index contributed by atoms with van der Waals surface area (Å²) in [6.07, 6.45) is 3.86. The van der Waals surface area contributed by atoms with Crippen LogP contribution in [0.4, 0.5) is 0 Å². The maximum Gasteiger partial charge on any atom is 0.137 e. The van der Waals surface area contributed by atoms with Crippen molar-refractivity contribution in [3.05, 3.63) is 0 Å². The van der Waals surface area contributed by atoms with Gasteiger partial charge in [0.05, 0.1) is 6.07 Å². The predicted octanol–water partition coefficient (Wildman–Crippen LogP) is 1.52. The summed E-state index contributed by atoms with van der Waals surface area (Å²) in [4.78, 5) is 10.4. The maximum atomic E-state index is 10.4. The molecule has 1 aliphatic rings. The number of nitriles is 1. The van der Waals surface area contributed by atoms with Gasteiger partial charge in [-0.1, -0.05) is 6.92 Å². The van der Waals surface area contributed by atoms with Gasteiger partial charge in [-0.25, -0.2) is 0 Å². The smallest absolute Gasteiger partial charge is 0.137 e. The van der Waals surface area contributed by atoms with E-state index >= 15 is 0 Å². The zero-order chi connectivity index (χ0) is 7.61. The quantitative estimate of drug-likeness (QED) is 0.553. The predicted molar refractivity (Wildman–Crippen MR) is 37.1 cm³/mol. The number of aldehydes is 1. The van der Waals surface area contributed by atoms with Crippen LogP contribution in [0.25, 0.3) is 0 Å². The van der Waals surface area contributed by atoms with Crippen molar-refractivity contribution in [3.63, 3.8) is 0 Å². The molecule has 1 fully saturated rings. The van der Waals surface area contributed by atoms with Gasteiger partial charge in [0, 0.05) is 0 Å². The minimum absolute atomic E-state index is 0.0799. The molecule has 0 radical (unpaired) electrons. The van der Waals surface area contributed by atoms with Gasteiger partial charge in [-0.3, -0.25) is 0 Å². The molecule has 0 N–H and O–H groups in total. The molecule has 0 amide bonds. The van der Waals surface area contributed by atoms with Gasteiger partial charge in [-0.15, -0.1) is 0 Å². The van der Waals surface area contributed by atoms with Crippen LogP contribution >= 0.6 is 0 Å². The van der Waals surface area contributed by atoms with Crippen LogP contribution < -0.4 is 0 Å². The normalized spacial score (nSPS) is 22.8. The summed E-state index contributed by atoms with van der Waals surface area (Å²) in [5.74, 6) is -0.350. The summed E-state index contributed by atoms with van der Waals surface area (Å²) in [5, 5.41) is 8.55. The van der Waals surface area contributed by atoms with E-state index in [9.17, 15) is 4.79 Å². The standard InChI is InChI=1S/C8H11NO/c1-2-8(3-4-8)7(5-9)6-10/h6-7H,2-4H2,1H3. The van der Waals surface area contributed by atoms with Gasteiger partial charge in [0.2, 0.25) is 0 Å². The molecule has 0 spiro atoms. The van der Waals surface area contributed by atoms with E-state index in [1.807, 2.05) is 13.0 Å². The van der Waals surface area contributed by atoms with E-state index in [2.05, 4.69) is 0 Å². The molecule has 0 aromatic heterocycles. The summed E-state index contributed by atoms with van der Waals surface area (Å²) in [5.41, 5.74) is 0.0799. The molecule has 0 aromatic carbocycles. The van der Waals surface area contributed by atoms with Crippen molar-refractivity contribution in [2.45, 2.75) is 26.2 Å². The Morgan fingerprint density at radius 1 is 1.80 bits per heavy atom. The van der Waals surface area contributed by atoms with E-state index in [0.29, 0.717) is 0 Å². The van der Waals surface area contributed by atoms with E-state index in [-0.39, 0.29) is 11.3 Å². The average molecular weight is 137 g/mol. The Bertz CT molecular complexity index is 176. The lowest BCUT2D eigenvalue weighted by Gasteiger charge is -2.11. The number of hydrogen-bond acceptors (Lipinski definition) is 2. The Morgan fingerprint density at radius 2 is 2.40 bits per heavy atom. The van der Waals surface area contributed by atoms with Crippen molar-refractivity contribution in [2.75, 3.05) is 0 Å². The third-order valence-electron chi connectivity index (χ3n) is 2.53. The van der Waals surface area contributed by atoms with E-state index < -0.39 is 0 Å². The third kappa shape index (κ3) is 0.923. The molecule has 1 rings (SSSR count). The highest BCUT2D eigenvalue weighted by atomic mass is 16.1. The lowest BCUT2D eigenvalue weighted by atomic mass is 9.89. The average Bonchev–Trinajstić information content (AvgIpc) is 2.72. The molecule has 0 bridgehead atoms. The second kappa shape index (κ2) is 2.42. The molecule has 2 heteroatoms. The van der Waals surface area contributed by atoms with Crippen LogP contribution in [0.5, 0.6) is 0 Å². The highest BCUT2D eigenvalue weighted by Gasteiger charge is 2.47. The van der Waals surface area contributed by atoms with Gasteiger partial charge >= 0.3 is 0 Å². The van der Waals surface area contributed by atoms with E-state index in [0.717, 1.165) is 25.5 Å². The number of nitrogens with zero attached hydrogens (tertiary/aromatic N) is 1. The molecule has 0 saturated heterocycles. The Morgan fingerprint density at radius 3 is 2.50 bits per heavy atom. The first-order valence-corrected chi connectivity index (χ1v) is 3.64. The molecule has 2 nitrogen and oxygen atoms in total. The lowest BCUT2D eigenvalue weighted by molar-refractivity contribution is -0.111. The van der Waals surface area contributed by atoms with E-state index in [1.54, 1.807) is 0 Å². The molecule has 1 unspecified atom stereocenters. The second-order valence-corrected chi connectivity index (χ2v) is 2.96. The van der Waals surface area contributed by atoms with Gasteiger partial charge in [-0.2, -0.15) is 5.26 Å². The molecule has 0 aromatic rings. The fourth-order valence-corrected chi connectivity index (χ4v) is 1.36. The van der Waals surface area contributed by atoms with Crippen molar-refractivity contribution >= 4 is 6.29 Å². The molecule has 1 saturated carbocycles. The number of rotatable bonds is 3. The highest BCUT2D eigenvalue weighted by molar-refractivity contribution is 5.60. The van der Waals surface area contributed by atoms with Crippen LogP contribution in [-0.2, 0) is 4.79 Å². The third-order valence-corrected chi connectivity index (χ3v) is 2.53. The SMILES string of the molecule is CCC1(C(C#N)C=O)CC1. The van der Waals surface area contributed by atoms with Crippen LogP contribution in [0.1, 0.15) is 26.2 Å². The fraction of sp³-hybridized carbons (Fsp3) is 0.750. The minimum atomic E-state index is -0.350. The van der Waals surface area contributed by atoms with Crippen molar-refractivity contribution in [1.29, 1.82) is 5.26 Å². The van der Waals surface area contributed by atoms with Crippen molar-refractivity contribution < 1.29 is 4.79 Å². The number of carbonyl (C=O) groups excluding carboxylic acids is 1. The Kier molecular flexibility index (Phi) is 1.76. The van der Waals surface area contributed by atoms with Gasteiger partial charge < -0.3 is 4.79 Å². The second-order valence-electron chi connectivity index (χ2n) is 2.96. The molecule has 10 heavy (non-hydrogen) atoms. The van der Waals surface area contributed by atoms with Crippen molar-refractivity contribution in [2.24, 2.45) is 11.3 Å². The summed E-state index contributed by atoms with van der Waals surface area (Å²) in [6.45, 7) is 2.04. The largest absolute Gasteiger partial charge is 0.302 e. The zero-order valence-electron chi connectivity index (χ0n) is 6.13. The van der Waals surface area contributed by atoms with Crippen LogP contribution in [0.15, 0.2) is 0 Å². The molecule has 54 valence electrons. The molecule has 1 aliphatic carbocycles. The topological polar surface area (TPSA) is 40.9 Å². The monoisotopic (exact) mass is 137 g/mol. The van der Waals surface area contributed by atoms with Crippen molar-refractivity contribution in [3.8, 4) is 6.07 Å². The van der Waals surface area contributed by atoms with Gasteiger partial charge in [0.25, 0.3) is 0 Å². The molecular formula is C8H11NO. The van der Waals surface area contributed by atoms with E-state index in [4.69, 9.17) is 5.26 Å². The fourth-order valence-electron chi connectivity index (χ4n) is 1.36. The number of hydrogen-bond donors (Lipinski definition) is 0. The maximum absolute atomic E-state index is 10.4. The van der Waals surface area contributed by atoms with Crippen LogP contribution in [-0.4, -0.2) is 6.29 Å². The Labute approximate surface area is 60.8 Å². The molecule has 0 heterocycles. The first-order chi connectivity index (χ1) is 4.79. The Balaban J connectivity index is 2.62. The Hall–Kier alpha value is -0.840. The van der Waals surface area contributed by atoms with Crippen LogP contribution in [0.2, 0.25) is 0 Å². The van der Waals surface area contributed by atoms with Gasteiger partial charge in [0.1, 0.15) is 12.2 Å². The first-order valence-electron chi connectivity index (χ1n) is 3.64. The van der Waals surface area contributed by atoms with Crippen LogP contribution in [0, 0.1) is 22.7 Å². The zero-order valence-corrected chi connectivity index (χ0v) is 6.13. The first kappa shape index (κ1) is 7.27. The van der Waals surface area contributed by atoms with Gasteiger partial charge in [0.15, 0.2) is 0 Å². The van der Waals surface area contributed by atoms with Crippen molar-refractivity contribution in [1.82, 2.24) is 0 Å². The van der Waals surface area contributed by atoms with E-state index in [1.165, 1.54) is 0 Å². The summed E-state index contributed by atoms with van der Waals surface area (Å²) in [6, 6.07) is 2.04. The molecule has 0 aliphatic heterocycles. The summed E-state index contributed by atoms with van der Waals surface area (Å²) >= 11 is 0. The molecule has 1 atom stereocenters. The number of carbonyl (C=O) groups is 1. The molecular weight excluding hydrogens is 126 g/mol. The summed E-state index contributed by atoms with van der Waals surface area (Å²) in [7, 11) is 0. The minimum Gasteiger partial charge on any atom is -0.302 e. The van der Waals surface area contributed by atoms with Gasteiger partial charge in [-0.05, 0) is 24.7 Å². The summed E-state index contributed by atoms with van der Waals surface area (Å²) < 4.78 is 0. The van der Waals surface area contributed by atoms with Crippen LogP contribution in [0.3, 0.4) is 0 Å².